The van der Waals surface area contributed by atoms with Gasteiger partial charge in [0.2, 0.25) is 0 Å². The second-order valence-corrected chi connectivity index (χ2v) is 4.82. The Hall–Kier alpha value is -2.89. The minimum atomic E-state index is -0.777. The van der Waals surface area contributed by atoms with Crippen molar-refractivity contribution in [2.45, 2.75) is 12.5 Å². The van der Waals surface area contributed by atoms with Gasteiger partial charge in [0.1, 0.15) is 23.4 Å². The van der Waals surface area contributed by atoms with Crippen molar-refractivity contribution in [3.63, 3.8) is 0 Å². The number of hydrogen-bond acceptors (Lipinski definition) is 6. The third kappa shape index (κ3) is 2.20. The predicted octanol–water partition coefficient (Wildman–Crippen LogP) is 2.22. The van der Waals surface area contributed by atoms with E-state index in [0.29, 0.717) is 5.56 Å². The smallest absolute Gasteiger partial charge is 0.172 e. The lowest BCUT2D eigenvalue weighted by Gasteiger charge is -2.26. The van der Waals surface area contributed by atoms with E-state index < -0.39 is 6.10 Å². The fourth-order valence-corrected chi connectivity index (χ4v) is 2.37. The van der Waals surface area contributed by atoms with Crippen molar-refractivity contribution >= 4 is 5.78 Å². The molecule has 0 fully saturated rings. The molecule has 0 aromatic heterocycles. The first-order chi connectivity index (χ1) is 9.95. The molecule has 0 radical (unpaired) electrons. The number of ether oxygens (including phenoxy) is 1. The molecule has 0 unspecified atom stereocenters. The van der Waals surface area contributed by atoms with Gasteiger partial charge in [-0.3, -0.25) is 4.79 Å². The number of aromatic hydroxyl groups is 4. The van der Waals surface area contributed by atoms with Gasteiger partial charge in [-0.2, -0.15) is 0 Å². The Morgan fingerprint density at radius 1 is 0.952 bits per heavy atom. The third-order valence-electron chi connectivity index (χ3n) is 3.35. The molecule has 6 nitrogen and oxygen atoms in total. The number of benzene rings is 2. The van der Waals surface area contributed by atoms with Gasteiger partial charge in [0, 0.05) is 17.7 Å². The van der Waals surface area contributed by atoms with Crippen LogP contribution in [0.3, 0.4) is 0 Å². The molecule has 1 atom stereocenters. The van der Waals surface area contributed by atoms with Crippen molar-refractivity contribution in [2.75, 3.05) is 0 Å². The van der Waals surface area contributed by atoms with E-state index in [4.69, 9.17) is 4.74 Å². The van der Waals surface area contributed by atoms with E-state index in [2.05, 4.69) is 0 Å². The summed E-state index contributed by atoms with van der Waals surface area (Å²) >= 11 is 0. The molecular weight excluding hydrogens is 276 g/mol. The SMILES string of the molecule is O=C1C[C@H](c2ccc(O)cc2O)Oc2c(O)cc(O)cc21. The molecule has 21 heavy (non-hydrogen) atoms. The summed E-state index contributed by atoms with van der Waals surface area (Å²) in [6.07, 6.45) is -0.824. The van der Waals surface area contributed by atoms with E-state index in [1.807, 2.05) is 0 Å². The van der Waals surface area contributed by atoms with Crippen molar-refractivity contribution in [3.8, 4) is 28.7 Å². The van der Waals surface area contributed by atoms with Gasteiger partial charge in [-0.15, -0.1) is 0 Å². The first-order valence-electron chi connectivity index (χ1n) is 6.23. The Labute approximate surface area is 119 Å². The first kappa shape index (κ1) is 13.1. The molecule has 0 amide bonds. The lowest BCUT2D eigenvalue weighted by Crippen LogP contribution is -2.20. The van der Waals surface area contributed by atoms with Crippen molar-refractivity contribution < 1.29 is 30.0 Å². The van der Waals surface area contributed by atoms with Crippen molar-refractivity contribution in [1.82, 2.24) is 0 Å². The number of Topliss-reactive ketones (excluding diaryl/α,β-unsaturated/α-hetero) is 1. The van der Waals surface area contributed by atoms with E-state index in [-0.39, 0.29) is 46.5 Å². The molecule has 1 heterocycles. The van der Waals surface area contributed by atoms with Gasteiger partial charge in [0.05, 0.1) is 12.0 Å². The maximum Gasteiger partial charge on any atom is 0.172 e. The zero-order valence-electron chi connectivity index (χ0n) is 10.8. The number of hydrogen-bond donors (Lipinski definition) is 4. The number of phenols is 4. The third-order valence-corrected chi connectivity index (χ3v) is 3.35. The van der Waals surface area contributed by atoms with Crippen LogP contribution in [-0.4, -0.2) is 26.2 Å². The topological polar surface area (TPSA) is 107 Å². The first-order valence-corrected chi connectivity index (χ1v) is 6.23. The molecule has 2 aromatic carbocycles. The van der Waals surface area contributed by atoms with Crippen LogP contribution in [0.15, 0.2) is 30.3 Å². The predicted molar refractivity (Wildman–Crippen MR) is 71.9 cm³/mol. The van der Waals surface area contributed by atoms with E-state index in [0.717, 1.165) is 12.1 Å². The van der Waals surface area contributed by atoms with Crippen LogP contribution < -0.4 is 4.74 Å². The summed E-state index contributed by atoms with van der Waals surface area (Å²) in [6.45, 7) is 0. The fourth-order valence-electron chi connectivity index (χ4n) is 2.37. The lowest BCUT2D eigenvalue weighted by molar-refractivity contribution is 0.0838. The summed E-state index contributed by atoms with van der Waals surface area (Å²) in [7, 11) is 0. The average molecular weight is 288 g/mol. The summed E-state index contributed by atoms with van der Waals surface area (Å²) in [4.78, 5) is 12.1. The molecular formula is C15H12O6. The molecule has 0 bridgehead atoms. The number of ketones is 1. The number of fused-ring (bicyclic) bond motifs is 1. The summed E-state index contributed by atoms with van der Waals surface area (Å²) in [5.74, 6) is -1.22. The second kappa shape index (κ2) is 4.59. The molecule has 1 aliphatic heterocycles. The molecule has 0 aliphatic carbocycles. The molecule has 6 heteroatoms. The minimum Gasteiger partial charge on any atom is -0.508 e. The van der Waals surface area contributed by atoms with Gasteiger partial charge in [-0.05, 0) is 18.2 Å². The van der Waals surface area contributed by atoms with Crippen molar-refractivity contribution in [1.29, 1.82) is 0 Å². The molecule has 3 rings (SSSR count). The average Bonchev–Trinajstić information content (AvgIpc) is 2.40. The highest BCUT2D eigenvalue weighted by Gasteiger charge is 2.31. The Balaban J connectivity index is 2.04. The normalized spacial score (nSPS) is 17.1. The van der Waals surface area contributed by atoms with Gasteiger partial charge in [-0.25, -0.2) is 0 Å². The lowest BCUT2D eigenvalue weighted by atomic mass is 9.95. The van der Waals surface area contributed by atoms with Crippen LogP contribution in [0.5, 0.6) is 28.7 Å². The van der Waals surface area contributed by atoms with Gasteiger partial charge in [0.25, 0.3) is 0 Å². The highest BCUT2D eigenvalue weighted by Crippen LogP contribution is 2.44. The Bertz CT molecular complexity index is 737. The summed E-state index contributed by atoms with van der Waals surface area (Å²) in [6, 6.07) is 6.27. The van der Waals surface area contributed by atoms with Crippen molar-refractivity contribution in [2.24, 2.45) is 0 Å². The zero-order chi connectivity index (χ0) is 15.1. The second-order valence-electron chi connectivity index (χ2n) is 4.82. The summed E-state index contributed by atoms with van der Waals surface area (Å²) in [5, 5.41) is 38.3. The van der Waals surface area contributed by atoms with Gasteiger partial charge in [-0.1, -0.05) is 0 Å². The molecule has 4 N–H and O–H groups in total. The van der Waals surface area contributed by atoms with Gasteiger partial charge >= 0.3 is 0 Å². The Morgan fingerprint density at radius 3 is 2.38 bits per heavy atom. The van der Waals surface area contributed by atoms with Crippen LogP contribution in [0, 0.1) is 0 Å². The van der Waals surface area contributed by atoms with Crippen LogP contribution in [-0.2, 0) is 0 Å². The Kier molecular flexibility index (Phi) is 2.86. The van der Waals surface area contributed by atoms with Gasteiger partial charge < -0.3 is 25.2 Å². The van der Waals surface area contributed by atoms with Crippen LogP contribution in [0.4, 0.5) is 0 Å². The Morgan fingerprint density at radius 2 is 1.67 bits per heavy atom. The summed E-state index contributed by atoms with van der Waals surface area (Å²) < 4.78 is 5.57. The van der Waals surface area contributed by atoms with Crippen LogP contribution >= 0.6 is 0 Å². The monoisotopic (exact) mass is 288 g/mol. The van der Waals surface area contributed by atoms with E-state index in [1.165, 1.54) is 18.2 Å². The number of phenolic OH excluding ortho intramolecular Hbond substituents is 4. The maximum atomic E-state index is 12.1. The van der Waals surface area contributed by atoms with Gasteiger partial charge in [0.15, 0.2) is 17.3 Å². The molecule has 0 saturated heterocycles. The standard InChI is InChI=1S/C15H12O6/c16-7-1-2-9(11(18)4-7)14-6-12(19)10-3-8(17)5-13(20)15(10)21-14/h1-5,14,16-18,20H,6H2/t14-/m1/s1. The maximum absolute atomic E-state index is 12.1. The largest absolute Gasteiger partial charge is 0.508 e. The quantitative estimate of drug-likeness (QED) is 0.641. The molecule has 0 saturated carbocycles. The number of rotatable bonds is 1. The number of carbonyl (C=O) groups is 1. The highest BCUT2D eigenvalue weighted by molar-refractivity contribution is 6.01. The molecule has 2 aromatic rings. The molecule has 0 spiro atoms. The van der Waals surface area contributed by atoms with E-state index >= 15 is 0 Å². The van der Waals surface area contributed by atoms with Crippen molar-refractivity contribution in [3.05, 3.63) is 41.5 Å². The summed E-state index contributed by atoms with van der Waals surface area (Å²) in [5.41, 5.74) is 0.432. The molecule has 1 aliphatic rings. The fraction of sp³-hybridized carbons (Fsp3) is 0.133. The van der Waals surface area contributed by atoms with E-state index in [1.54, 1.807) is 0 Å². The van der Waals surface area contributed by atoms with E-state index in [9.17, 15) is 25.2 Å². The minimum absolute atomic E-state index is 0.0264. The zero-order valence-corrected chi connectivity index (χ0v) is 10.8. The number of carbonyl (C=O) groups excluding carboxylic acids is 1. The molecule has 108 valence electrons. The highest BCUT2D eigenvalue weighted by atomic mass is 16.5. The van der Waals surface area contributed by atoms with Crippen LogP contribution in [0.25, 0.3) is 0 Å². The van der Waals surface area contributed by atoms with Crippen LogP contribution in [0.2, 0.25) is 0 Å². The van der Waals surface area contributed by atoms with Crippen LogP contribution in [0.1, 0.15) is 28.4 Å².